The van der Waals surface area contributed by atoms with Gasteiger partial charge in [-0.1, -0.05) is 0 Å². The number of ether oxygens (including phenoxy) is 2. The Kier molecular flexibility index (Phi) is 2.52. The standard InChI is InChI=1S/C15H24O2/c1-16-8-17-7-12-5-11-6-13(12)15-10-3-2-9(4-10)14(11)15/h9-15H,2-8H2,1H3. The maximum atomic E-state index is 5.63. The first-order valence-electron chi connectivity index (χ1n) is 7.45. The summed E-state index contributed by atoms with van der Waals surface area (Å²) in [5.41, 5.74) is 0. The molecule has 4 aliphatic carbocycles. The highest BCUT2D eigenvalue weighted by Gasteiger charge is 2.61. The van der Waals surface area contributed by atoms with Gasteiger partial charge in [-0.2, -0.15) is 0 Å². The Hall–Kier alpha value is -0.0800. The molecule has 4 saturated carbocycles. The van der Waals surface area contributed by atoms with Gasteiger partial charge in [0, 0.05) is 7.11 Å². The fraction of sp³-hybridized carbons (Fsp3) is 1.00. The Morgan fingerprint density at radius 2 is 1.76 bits per heavy atom. The van der Waals surface area contributed by atoms with Crippen LogP contribution in [-0.4, -0.2) is 20.5 Å². The van der Waals surface area contributed by atoms with Crippen molar-refractivity contribution in [2.45, 2.75) is 32.1 Å². The molecule has 0 saturated heterocycles. The average Bonchev–Trinajstić information content (AvgIpc) is 3.07. The quantitative estimate of drug-likeness (QED) is 0.424. The fourth-order valence-corrected chi connectivity index (χ4v) is 6.18. The van der Waals surface area contributed by atoms with Crippen LogP contribution in [0, 0.1) is 41.4 Å². The van der Waals surface area contributed by atoms with E-state index in [1.165, 1.54) is 12.8 Å². The summed E-state index contributed by atoms with van der Waals surface area (Å²) in [7, 11) is 1.72. The summed E-state index contributed by atoms with van der Waals surface area (Å²) in [4.78, 5) is 0. The molecule has 0 radical (unpaired) electrons. The van der Waals surface area contributed by atoms with Gasteiger partial charge in [-0.15, -0.1) is 0 Å². The van der Waals surface area contributed by atoms with Crippen LogP contribution in [0.3, 0.4) is 0 Å². The zero-order valence-corrected chi connectivity index (χ0v) is 10.8. The molecule has 2 nitrogen and oxygen atoms in total. The molecule has 4 rings (SSSR count). The van der Waals surface area contributed by atoms with Crippen LogP contribution < -0.4 is 0 Å². The molecule has 0 aromatic carbocycles. The van der Waals surface area contributed by atoms with Crippen molar-refractivity contribution in [2.75, 3.05) is 20.5 Å². The monoisotopic (exact) mass is 236 g/mol. The van der Waals surface area contributed by atoms with Gasteiger partial charge in [-0.3, -0.25) is 0 Å². The van der Waals surface area contributed by atoms with Crippen LogP contribution in [0.4, 0.5) is 0 Å². The smallest absolute Gasteiger partial charge is 0.146 e. The summed E-state index contributed by atoms with van der Waals surface area (Å²) in [5, 5.41) is 0. The van der Waals surface area contributed by atoms with Crippen LogP contribution in [0.15, 0.2) is 0 Å². The molecular weight excluding hydrogens is 212 g/mol. The Labute approximate surface area is 104 Å². The second-order valence-electron chi connectivity index (χ2n) is 6.92. The van der Waals surface area contributed by atoms with E-state index in [0.29, 0.717) is 6.79 Å². The third-order valence-corrected chi connectivity index (χ3v) is 6.40. The zero-order chi connectivity index (χ0) is 11.4. The third-order valence-electron chi connectivity index (χ3n) is 6.40. The summed E-state index contributed by atoms with van der Waals surface area (Å²) in [6, 6.07) is 0. The number of rotatable bonds is 4. The molecule has 0 N–H and O–H groups in total. The molecule has 0 aliphatic heterocycles. The van der Waals surface area contributed by atoms with E-state index >= 15 is 0 Å². The van der Waals surface area contributed by atoms with Gasteiger partial charge in [0.25, 0.3) is 0 Å². The van der Waals surface area contributed by atoms with Gasteiger partial charge in [0.15, 0.2) is 0 Å². The predicted molar refractivity (Wildman–Crippen MR) is 65.3 cm³/mol. The van der Waals surface area contributed by atoms with E-state index in [9.17, 15) is 0 Å². The number of fused-ring (bicyclic) bond motifs is 9. The molecule has 4 fully saturated rings. The van der Waals surface area contributed by atoms with Crippen LogP contribution in [0.5, 0.6) is 0 Å². The first kappa shape index (κ1) is 10.8. The molecule has 17 heavy (non-hydrogen) atoms. The number of hydrogen-bond donors (Lipinski definition) is 0. The van der Waals surface area contributed by atoms with Crippen LogP contribution >= 0.6 is 0 Å². The first-order valence-corrected chi connectivity index (χ1v) is 7.45. The van der Waals surface area contributed by atoms with Crippen molar-refractivity contribution < 1.29 is 9.47 Å². The summed E-state index contributed by atoms with van der Waals surface area (Å²) in [6.07, 6.45) is 7.66. The maximum absolute atomic E-state index is 5.63. The van der Waals surface area contributed by atoms with Crippen molar-refractivity contribution in [1.29, 1.82) is 0 Å². The van der Waals surface area contributed by atoms with E-state index in [2.05, 4.69) is 0 Å². The zero-order valence-electron chi connectivity index (χ0n) is 10.8. The van der Waals surface area contributed by atoms with Gasteiger partial charge < -0.3 is 9.47 Å². The fourth-order valence-electron chi connectivity index (χ4n) is 6.18. The average molecular weight is 236 g/mol. The first-order chi connectivity index (χ1) is 8.38. The lowest BCUT2D eigenvalue weighted by atomic mass is 9.68. The molecule has 0 aromatic heterocycles. The lowest BCUT2D eigenvalue weighted by molar-refractivity contribution is -0.0580. The van der Waals surface area contributed by atoms with Crippen molar-refractivity contribution in [3.8, 4) is 0 Å². The molecule has 0 heterocycles. The van der Waals surface area contributed by atoms with Gasteiger partial charge >= 0.3 is 0 Å². The highest BCUT2D eigenvalue weighted by Crippen LogP contribution is 2.68. The van der Waals surface area contributed by atoms with Gasteiger partial charge in [0.05, 0.1) is 6.61 Å². The number of methoxy groups -OCH3 is 1. The molecule has 2 heteroatoms. The van der Waals surface area contributed by atoms with E-state index in [-0.39, 0.29) is 0 Å². The molecular formula is C15H24O2. The Bertz CT molecular complexity index is 303. The minimum atomic E-state index is 0.480. The Morgan fingerprint density at radius 1 is 0.941 bits per heavy atom. The normalized spacial score (nSPS) is 54.5. The molecule has 7 unspecified atom stereocenters. The van der Waals surface area contributed by atoms with Crippen molar-refractivity contribution in [3.63, 3.8) is 0 Å². The Morgan fingerprint density at radius 3 is 2.59 bits per heavy atom. The molecule has 4 bridgehead atoms. The molecule has 96 valence electrons. The summed E-state index contributed by atoms with van der Waals surface area (Å²) >= 11 is 0. The second kappa shape index (κ2) is 3.96. The lowest BCUT2D eigenvalue weighted by Gasteiger charge is -2.38. The van der Waals surface area contributed by atoms with Crippen LogP contribution in [0.2, 0.25) is 0 Å². The minimum absolute atomic E-state index is 0.480. The van der Waals surface area contributed by atoms with E-state index in [4.69, 9.17) is 9.47 Å². The predicted octanol–water partition coefficient (Wildman–Crippen LogP) is 2.93. The van der Waals surface area contributed by atoms with Gasteiger partial charge in [0.2, 0.25) is 0 Å². The summed E-state index contributed by atoms with van der Waals surface area (Å²) in [6.45, 7) is 1.43. The van der Waals surface area contributed by atoms with E-state index in [1.807, 2.05) is 0 Å². The number of hydrogen-bond acceptors (Lipinski definition) is 2. The third kappa shape index (κ3) is 1.46. The van der Waals surface area contributed by atoms with Gasteiger partial charge in [-0.25, -0.2) is 0 Å². The minimum Gasteiger partial charge on any atom is -0.359 e. The van der Waals surface area contributed by atoms with Crippen LogP contribution in [-0.2, 0) is 9.47 Å². The van der Waals surface area contributed by atoms with Crippen molar-refractivity contribution in [2.24, 2.45) is 41.4 Å². The van der Waals surface area contributed by atoms with Crippen molar-refractivity contribution in [1.82, 2.24) is 0 Å². The molecule has 0 amide bonds. The van der Waals surface area contributed by atoms with E-state index < -0.39 is 0 Å². The van der Waals surface area contributed by atoms with E-state index in [0.717, 1.165) is 48.0 Å². The molecule has 4 aliphatic rings. The van der Waals surface area contributed by atoms with Gasteiger partial charge in [-0.05, 0) is 73.5 Å². The second-order valence-corrected chi connectivity index (χ2v) is 6.92. The highest BCUT2D eigenvalue weighted by atomic mass is 16.7. The largest absolute Gasteiger partial charge is 0.359 e. The van der Waals surface area contributed by atoms with Crippen LogP contribution in [0.1, 0.15) is 32.1 Å². The van der Waals surface area contributed by atoms with Crippen molar-refractivity contribution >= 4 is 0 Å². The van der Waals surface area contributed by atoms with Crippen molar-refractivity contribution in [3.05, 3.63) is 0 Å². The molecule has 7 atom stereocenters. The Balaban J connectivity index is 1.44. The molecule has 0 spiro atoms. The van der Waals surface area contributed by atoms with Gasteiger partial charge in [0.1, 0.15) is 6.79 Å². The topological polar surface area (TPSA) is 18.5 Å². The highest BCUT2D eigenvalue weighted by molar-refractivity contribution is 5.10. The lowest BCUT2D eigenvalue weighted by Crippen LogP contribution is -2.34. The SMILES string of the molecule is COCOCC1CC2CC1C1C3CCC(C3)C21. The van der Waals surface area contributed by atoms with Crippen LogP contribution in [0.25, 0.3) is 0 Å². The van der Waals surface area contributed by atoms with E-state index in [1.54, 1.807) is 26.4 Å². The summed E-state index contributed by atoms with van der Waals surface area (Å²) in [5.74, 6) is 7.40. The maximum Gasteiger partial charge on any atom is 0.146 e. The molecule has 0 aromatic rings. The summed E-state index contributed by atoms with van der Waals surface area (Å²) < 4.78 is 10.6.